The predicted octanol–water partition coefficient (Wildman–Crippen LogP) is 4.17. The van der Waals surface area contributed by atoms with E-state index >= 15 is 0 Å². The van der Waals surface area contributed by atoms with Crippen molar-refractivity contribution in [3.63, 3.8) is 0 Å². The maximum atomic E-state index is 12.9. The fraction of sp³-hybridized carbons (Fsp3) is 0.111. The molecule has 0 N–H and O–H groups in total. The predicted molar refractivity (Wildman–Crippen MR) is 51.1 cm³/mol. The topological polar surface area (TPSA) is 0 Å². The molecule has 0 aliphatic carbocycles. The summed E-state index contributed by atoms with van der Waals surface area (Å²) in [5, 5.41) is 0.457. The molecule has 0 saturated heterocycles. The first-order chi connectivity index (χ1) is 5.52. The van der Waals surface area contributed by atoms with E-state index in [0.29, 0.717) is 10.6 Å². The molecule has 0 radical (unpaired) electrons. The summed E-state index contributed by atoms with van der Waals surface area (Å²) < 4.78 is 12.9. The van der Waals surface area contributed by atoms with Gasteiger partial charge in [0.2, 0.25) is 0 Å². The summed E-state index contributed by atoms with van der Waals surface area (Å²) in [7, 11) is 0. The Morgan fingerprint density at radius 3 is 2.42 bits per heavy atom. The van der Waals surface area contributed by atoms with Gasteiger partial charge in [0.05, 0.1) is 5.02 Å². The summed E-state index contributed by atoms with van der Waals surface area (Å²) >= 11 is 11.3. The van der Waals surface area contributed by atoms with Gasteiger partial charge in [0, 0.05) is 5.02 Å². The number of hydrogen-bond acceptors (Lipinski definition) is 0. The van der Waals surface area contributed by atoms with Crippen molar-refractivity contribution in [2.75, 3.05) is 0 Å². The first-order valence-electron chi connectivity index (χ1n) is 3.33. The molecule has 0 atom stereocenters. The van der Waals surface area contributed by atoms with Gasteiger partial charge in [0.25, 0.3) is 0 Å². The van der Waals surface area contributed by atoms with Crippen LogP contribution in [0.4, 0.5) is 4.39 Å². The first kappa shape index (κ1) is 9.56. The highest BCUT2D eigenvalue weighted by Crippen LogP contribution is 2.28. The Morgan fingerprint density at radius 1 is 1.33 bits per heavy atom. The highest BCUT2D eigenvalue weighted by Gasteiger charge is 2.06. The summed E-state index contributed by atoms with van der Waals surface area (Å²) in [6.07, 6.45) is 0. The molecule has 0 amide bonds. The Morgan fingerprint density at radius 2 is 1.92 bits per heavy atom. The molecule has 1 aromatic rings. The number of halogens is 3. The van der Waals surface area contributed by atoms with Crippen molar-refractivity contribution in [3.05, 3.63) is 40.1 Å². The molecule has 1 aromatic carbocycles. The van der Waals surface area contributed by atoms with Crippen LogP contribution in [0.25, 0.3) is 5.57 Å². The van der Waals surface area contributed by atoms with Gasteiger partial charge in [0.15, 0.2) is 0 Å². The maximum Gasteiger partial charge on any atom is 0.142 e. The minimum absolute atomic E-state index is 0.0324. The van der Waals surface area contributed by atoms with E-state index in [1.165, 1.54) is 12.1 Å². The molecule has 0 nitrogen and oxygen atoms in total. The van der Waals surface area contributed by atoms with Gasteiger partial charge >= 0.3 is 0 Å². The third-order valence-electron chi connectivity index (χ3n) is 1.47. The summed E-state index contributed by atoms with van der Waals surface area (Å²) in [4.78, 5) is 0. The van der Waals surface area contributed by atoms with Crippen LogP contribution in [0.1, 0.15) is 12.5 Å². The van der Waals surface area contributed by atoms with Gasteiger partial charge < -0.3 is 0 Å². The maximum absolute atomic E-state index is 12.9. The number of rotatable bonds is 1. The van der Waals surface area contributed by atoms with Gasteiger partial charge in [-0.25, -0.2) is 4.39 Å². The third kappa shape index (κ3) is 1.79. The van der Waals surface area contributed by atoms with Crippen LogP contribution in [0.2, 0.25) is 10.0 Å². The fourth-order valence-electron chi connectivity index (χ4n) is 0.850. The molecule has 0 bridgehead atoms. The largest absolute Gasteiger partial charge is 0.205 e. The van der Waals surface area contributed by atoms with Crippen molar-refractivity contribution in [1.29, 1.82) is 0 Å². The van der Waals surface area contributed by atoms with Crippen LogP contribution < -0.4 is 0 Å². The quantitative estimate of drug-likeness (QED) is 0.603. The molecule has 0 aliphatic rings. The van der Waals surface area contributed by atoms with Crippen LogP contribution in [0, 0.1) is 5.82 Å². The standard InChI is InChI=1S/C9H7Cl2F/c1-5(2)6-3-9(12)8(11)4-7(6)10/h3-4H,1H2,2H3. The molecule has 0 aromatic heterocycles. The molecule has 64 valence electrons. The second-order valence-corrected chi connectivity index (χ2v) is 3.34. The van der Waals surface area contributed by atoms with Crippen LogP contribution in [0.15, 0.2) is 18.7 Å². The van der Waals surface area contributed by atoms with Crippen molar-refractivity contribution >= 4 is 28.8 Å². The molecule has 0 fully saturated rings. The van der Waals surface area contributed by atoms with Crippen LogP contribution >= 0.6 is 23.2 Å². The SMILES string of the molecule is C=C(C)c1cc(F)c(Cl)cc1Cl. The minimum Gasteiger partial charge on any atom is -0.205 e. The summed E-state index contributed by atoms with van der Waals surface area (Å²) in [5.41, 5.74) is 1.31. The first-order valence-corrected chi connectivity index (χ1v) is 4.08. The number of hydrogen-bond donors (Lipinski definition) is 0. The lowest BCUT2D eigenvalue weighted by molar-refractivity contribution is 0.628. The monoisotopic (exact) mass is 204 g/mol. The van der Waals surface area contributed by atoms with E-state index < -0.39 is 5.82 Å². The minimum atomic E-state index is -0.473. The molecule has 0 unspecified atom stereocenters. The lowest BCUT2D eigenvalue weighted by Gasteiger charge is -2.03. The zero-order valence-corrected chi connectivity index (χ0v) is 8.01. The summed E-state index contributed by atoms with van der Waals surface area (Å²) in [6.45, 7) is 5.42. The normalized spacial score (nSPS) is 10.0. The van der Waals surface area contributed by atoms with Crippen molar-refractivity contribution in [1.82, 2.24) is 0 Å². The second-order valence-electron chi connectivity index (χ2n) is 2.53. The van der Waals surface area contributed by atoms with Gasteiger partial charge in [0.1, 0.15) is 5.82 Å². The smallest absolute Gasteiger partial charge is 0.142 e. The fourth-order valence-corrected chi connectivity index (χ4v) is 1.39. The molecule has 0 saturated carbocycles. The Kier molecular flexibility index (Phi) is 2.76. The average molecular weight is 205 g/mol. The van der Waals surface area contributed by atoms with Gasteiger partial charge in [-0.3, -0.25) is 0 Å². The second kappa shape index (κ2) is 3.46. The lowest BCUT2D eigenvalue weighted by Crippen LogP contribution is -1.84. The molecule has 0 heterocycles. The molecule has 1 rings (SSSR count). The van der Waals surface area contributed by atoms with E-state index in [4.69, 9.17) is 23.2 Å². The van der Waals surface area contributed by atoms with Gasteiger partial charge in [-0.2, -0.15) is 0 Å². The van der Waals surface area contributed by atoms with Crippen LogP contribution in [0.5, 0.6) is 0 Å². The van der Waals surface area contributed by atoms with Crippen LogP contribution in [-0.4, -0.2) is 0 Å². The molecule has 0 aliphatic heterocycles. The molecular weight excluding hydrogens is 198 g/mol. The Bertz CT molecular complexity index is 332. The summed E-state index contributed by atoms with van der Waals surface area (Å²) in [6, 6.07) is 2.66. The Hall–Kier alpha value is -0.530. The summed E-state index contributed by atoms with van der Waals surface area (Å²) in [5.74, 6) is -0.473. The Labute approximate surface area is 80.6 Å². The van der Waals surface area contributed by atoms with E-state index in [1.54, 1.807) is 6.92 Å². The van der Waals surface area contributed by atoms with E-state index in [9.17, 15) is 4.39 Å². The van der Waals surface area contributed by atoms with Crippen molar-refractivity contribution < 1.29 is 4.39 Å². The van der Waals surface area contributed by atoms with Gasteiger partial charge in [-0.1, -0.05) is 29.8 Å². The van der Waals surface area contributed by atoms with Crippen molar-refractivity contribution in [2.45, 2.75) is 6.92 Å². The molecule has 0 spiro atoms. The zero-order valence-electron chi connectivity index (χ0n) is 6.50. The highest BCUT2D eigenvalue weighted by molar-refractivity contribution is 6.35. The number of allylic oxidation sites excluding steroid dienone is 1. The van der Waals surface area contributed by atoms with Crippen LogP contribution in [-0.2, 0) is 0 Å². The van der Waals surface area contributed by atoms with E-state index in [1.807, 2.05) is 0 Å². The van der Waals surface area contributed by atoms with Crippen LogP contribution in [0.3, 0.4) is 0 Å². The number of benzene rings is 1. The van der Waals surface area contributed by atoms with E-state index in [-0.39, 0.29) is 5.02 Å². The van der Waals surface area contributed by atoms with E-state index in [0.717, 1.165) is 5.57 Å². The average Bonchev–Trinajstić information content (AvgIpc) is 1.96. The van der Waals surface area contributed by atoms with Crippen molar-refractivity contribution in [2.24, 2.45) is 0 Å². The molecular formula is C9H7Cl2F. The lowest BCUT2D eigenvalue weighted by atomic mass is 10.1. The molecule has 3 heteroatoms. The Balaban J connectivity index is 3.33. The van der Waals surface area contributed by atoms with Gasteiger partial charge in [-0.05, 0) is 30.2 Å². The van der Waals surface area contributed by atoms with Crippen molar-refractivity contribution in [3.8, 4) is 0 Å². The van der Waals surface area contributed by atoms with Gasteiger partial charge in [-0.15, -0.1) is 0 Å². The van der Waals surface area contributed by atoms with E-state index in [2.05, 4.69) is 6.58 Å². The molecule has 12 heavy (non-hydrogen) atoms. The highest BCUT2D eigenvalue weighted by atomic mass is 35.5. The zero-order chi connectivity index (χ0) is 9.30. The third-order valence-corrected chi connectivity index (χ3v) is 2.07.